The molecule has 1 heterocycles. The van der Waals surface area contributed by atoms with E-state index in [2.05, 4.69) is 9.72 Å². The van der Waals surface area contributed by atoms with E-state index in [1.807, 2.05) is 0 Å². The number of nitrogens with one attached hydrogen (secondary N) is 1. The lowest BCUT2D eigenvalue weighted by Gasteiger charge is -2.00. The van der Waals surface area contributed by atoms with Gasteiger partial charge in [-0.15, -0.1) is 0 Å². The van der Waals surface area contributed by atoms with E-state index in [4.69, 9.17) is 0 Å². The summed E-state index contributed by atoms with van der Waals surface area (Å²) >= 11 is 0. The summed E-state index contributed by atoms with van der Waals surface area (Å²) in [7, 11) is -2.49. The van der Waals surface area contributed by atoms with Gasteiger partial charge in [-0.2, -0.15) is 0 Å². The lowest BCUT2D eigenvalue weighted by molar-refractivity contribution is 0.0600. The number of ether oxygens (including phenoxy) is 1. The lowest BCUT2D eigenvalue weighted by atomic mass is 10.3. The maximum Gasteiger partial charge on any atom is 0.339 e. The molecule has 0 spiro atoms. The lowest BCUT2D eigenvalue weighted by Crippen LogP contribution is -2.18. The molecular formula is C8H9NO5S. The molecule has 0 aliphatic carbocycles. The van der Waals surface area contributed by atoms with Crippen LogP contribution in [0.1, 0.15) is 10.4 Å². The first-order valence-electron chi connectivity index (χ1n) is 3.87. The maximum atomic E-state index is 11.1. The van der Waals surface area contributed by atoms with Gasteiger partial charge in [0.1, 0.15) is 4.90 Å². The average Bonchev–Trinajstić information content (AvgIpc) is 2.15. The van der Waals surface area contributed by atoms with Crippen LogP contribution in [0.15, 0.2) is 22.0 Å². The third kappa shape index (κ3) is 2.44. The molecule has 0 fully saturated rings. The molecule has 6 nitrogen and oxygen atoms in total. The number of hydrogen-bond donors (Lipinski definition) is 1. The largest absolute Gasteiger partial charge is 0.465 e. The fourth-order valence-electron chi connectivity index (χ4n) is 0.974. The van der Waals surface area contributed by atoms with E-state index in [1.54, 1.807) is 0 Å². The van der Waals surface area contributed by atoms with Crippen LogP contribution >= 0.6 is 0 Å². The van der Waals surface area contributed by atoms with E-state index >= 15 is 0 Å². The summed E-state index contributed by atoms with van der Waals surface area (Å²) in [6.45, 7) is 0. The number of aromatic nitrogens is 1. The number of rotatable bonds is 2. The molecule has 1 aromatic heterocycles. The maximum absolute atomic E-state index is 11.1. The Labute approximate surface area is 85.8 Å². The molecule has 7 heteroatoms. The molecule has 0 radical (unpaired) electrons. The van der Waals surface area contributed by atoms with Gasteiger partial charge in [-0.25, -0.2) is 13.2 Å². The van der Waals surface area contributed by atoms with Crippen LogP contribution in [-0.2, 0) is 14.6 Å². The Morgan fingerprint density at radius 2 is 2.07 bits per heavy atom. The highest BCUT2D eigenvalue weighted by Crippen LogP contribution is 2.05. The van der Waals surface area contributed by atoms with Crippen molar-refractivity contribution in [1.82, 2.24) is 4.98 Å². The van der Waals surface area contributed by atoms with Crippen molar-refractivity contribution in [3.05, 3.63) is 28.2 Å². The smallest absolute Gasteiger partial charge is 0.339 e. The monoisotopic (exact) mass is 231 g/mol. The van der Waals surface area contributed by atoms with Gasteiger partial charge in [0.2, 0.25) is 0 Å². The van der Waals surface area contributed by atoms with Gasteiger partial charge in [0.25, 0.3) is 5.56 Å². The molecule has 0 saturated heterocycles. The highest BCUT2D eigenvalue weighted by atomic mass is 32.2. The molecular weight excluding hydrogens is 222 g/mol. The van der Waals surface area contributed by atoms with Gasteiger partial charge in [0.15, 0.2) is 9.84 Å². The first-order valence-corrected chi connectivity index (χ1v) is 5.76. The summed E-state index contributed by atoms with van der Waals surface area (Å²) < 4.78 is 26.7. The Kier molecular flexibility index (Phi) is 2.94. The standard InChI is InChI=1S/C8H9NO5S/c1-14-8(11)5-3-6(15(2,12)13)7(10)9-4-5/h3-4H,1-2H3,(H,9,10). The Balaban J connectivity index is 3.43. The second-order valence-corrected chi connectivity index (χ2v) is 4.83. The predicted octanol–water partition coefficient (Wildman–Crippen LogP) is -0.435. The first-order chi connectivity index (χ1) is 6.86. The van der Waals surface area contributed by atoms with E-state index in [0.717, 1.165) is 25.6 Å². The van der Waals surface area contributed by atoms with Crippen molar-refractivity contribution in [2.75, 3.05) is 13.4 Å². The summed E-state index contributed by atoms with van der Waals surface area (Å²) in [5.41, 5.74) is -0.775. The molecule has 0 atom stereocenters. The van der Waals surface area contributed by atoms with E-state index in [0.29, 0.717) is 0 Å². The quantitative estimate of drug-likeness (QED) is 0.697. The fraction of sp³-hybridized carbons (Fsp3) is 0.250. The molecule has 0 unspecified atom stereocenters. The normalized spacial score (nSPS) is 11.1. The molecule has 82 valence electrons. The number of carbonyl (C=O) groups excluding carboxylic acids is 1. The second-order valence-electron chi connectivity index (χ2n) is 2.85. The van der Waals surface area contributed by atoms with Crippen LogP contribution in [0.2, 0.25) is 0 Å². The van der Waals surface area contributed by atoms with Gasteiger partial charge in [0, 0.05) is 12.5 Å². The Morgan fingerprint density at radius 3 is 2.53 bits per heavy atom. The van der Waals surface area contributed by atoms with Crippen LogP contribution in [0.5, 0.6) is 0 Å². The van der Waals surface area contributed by atoms with Crippen molar-refractivity contribution in [3.8, 4) is 0 Å². The molecule has 0 saturated carbocycles. The summed E-state index contributed by atoms with van der Waals surface area (Å²) in [5.74, 6) is -0.712. The highest BCUT2D eigenvalue weighted by molar-refractivity contribution is 7.90. The summed E-state index contributed by atoms with van der Waals surface area (Å²) in [6.07, 6.45) is 1.99. The number of sulfone groups is 1. The van der Waals surface area contributed by atoms with Crippen molar-refractivity contribution in [2.45, 2.75) is 4.90 Å². The van der Waals surface area contributed by atoms with E-state index < -0.39 is 26.3 Å². The zero-order chi connectivity index (χ0) is 11.6. The van der Waals surface area contributed by atoms with Crippen molar-refractivity contribution in [3.63, 3.8) is 0 Å². The summed E-state index contributed by atoms with van der Waals surface area (Å²) in [6, 6.07) is 0.986. The predicted molar refractivity (Wildman–Crippen MR) is 51.5 cm³/mol. The fourth-order valence-corrected chi connectivity index (χ4v) is 1.71. The highest BCUT2D eigenvalue weighted by Gasteiger charge is 2.15. The molecule has 15 heavy (non-hydrogen) atoms. The first kappa shape index (κ1) is 11.4. The third-order valence-electron chi connectivity index (χ3n) is 1.69. The van der Waals surface area contributed by atoms with Gasteiger partial charge in [0.05, 0.1) is 12.7 Å². The van der Waals surface area contributed by atoms with Crippen molar-refractivity contribution < 1.29 is 17.9 Å². The zero-order valence-electron chi connectivity index (χ0n) is 8.10. The van der Waals surface area contributed by atoms with Crippen LogP contribution in [0.4, 0.5) is 0 Å². The van der Waals surface area contributed by atoms with Crippen molar-refractivity contribution >= 4 is 15.8 Å². The minimum absolute atomic E-state index is 0.0162. The van der Waals surface area contributed by atoms with Gasteiger partial charge >= 0.3 is 5.97 Å². The number of pyridine rings is 1. The van der Waals surface area contributed by atoms with Crippen LogP contribution in [0.25, 0.3) is 0 Å². The number of aromatic amines is 1. The Morgan fingerprint density at radius 1 is 1.47 bits per heavy atom. The average molecular weight is 231 g/mol. The summed E-state index contributed by atoms with van der Waals surface area (Å²) in [4.78, 5) is 23.9. The van der Waals surface area contributed by atoms with E-state index in [9.17, 15) is 18.0 Å². The number of methoxy groups -OCH3 is 1. The summed E-state index contributed by atoms with van der Waals surface area (Å²) in [5, 5.41) is 0. The molecule has 0 bridgehead atoms. The van der Waals surface area contributed by atoms with Crippen molar-refractivity contribution in [2.24, 2.45) is 0 Å². The molecule has 0 aromatic carbocycles. The Bertz CT molecular complexity index is 542. The molecule has 0 aliphatic heterocycles. The van der Waals surface area contributed by atoms with Gasteiger partial charge < -0.3 is 9.72 Å². The van der Waals surface area contributed by atoms with Crippen LogP contribution in [0.3, 0.4) is 0 Å². The molecule has 1 aromatic rings. The van der Waals surface area contributed by atoms with Gasteiger partial charge in [-0.3, -0.25) is 4.79 Å². The van der Waals surface area contributed by atoms with Crippen LogP contribution in [0, 0.1) is 0 Å². The van der Waals surface area contributed by atoms with Gasteiger partial charge in [-0.05, 0) is 6.07 Å². The number of esters is 1. The van der Waals surface area contributed by atoms with Crippen LogP contribution < -0.4 is 5.56 Å². The molecule has 0 aliphatic rings. The van der Waals surface area contributed by atoms with E-state index in [1.165, 1.54) is 0 Å². The second kappa shape index (κ2) is 3.85. The minimum Gasteiger partial charge on any atom is -0.465 e. The molecule has 1 N–H and O–H groups in total. The third-order valence-corrected chi connectivity index (χ3v) is 2.79. The SMILES string of the molecule is COC(=O)c1c[nH]c(=O)c(S(C)(=O)=O)c1. The number of H-pyrrole nitrogens is 1. The number of carbonyl (C=O) groups is 1. The topological polar surface area (TPSA) is 93.3 Å². The molecule has 1 rings (SSSR count). The Hall–Kier alpha value is -1.63. The van der Waals surface area contributed by atoms with Crippen molar-refractivity contribution in [1.29, 1.82) is 0 Å². The van der Waals surface area contributed by atoms with Crippen LogP contribution in [-0.4, -0.2) is 32.7 Å². The molecule has 0 amide bonds. The van der Waals surface area contributed by atoms with Gasteiger partial charge in [-0.1, -0.05) is 0 Å². The van der Waals surface area contributed by atoms with E-state index in [-0.39, 0.29) is 5.56 Å². The number of hydrogen-bond acceptors (Lipinski definition) is 5. The minimum atomic E-state index is -3.65. The zero-order valence-corrected chi connectivity index (χ0v) is 8.92.